The van der Waals surface area contributed by atoms with Gasteiger partial charge in [0, 0.05) is 12.8 Å². The molecule has 0 aliphatic rings. The van der Waals surface area contributed by atoms with Crippen LogP contribution in [0.5, 0.6) is 0 Å². The molecule has 2 N–H and O–H groups in total. The highest BCUT2D eigenvalue weighted by Crippen LogP contribution is 2.16. The van der Waals surface area contributed by atoms with Crippen molar-refractivity contribution in [2.75, 3.05) is 0 Å². The van der Waals surface area contributed by atoms with Crippen LogP contribution in [0.2, 0.25) is 0 Å². The Hall–Kier alpha value is -0.480. The summed E-state index contributed by atoms with van der Waals surface area (Å²) in [5, 5.41) is 17.0. The molecule has 0 fully saturated rings. The smallest absolute Gasteiger partial charge is 0.303 e. The summed E-state index contributed by atoms with van der Waals surface area (Å²) in [4.78, 5) is 20.7. The molecule has 0 rings (SSSR count). The number of rotatable bonds is 12. The summed E-state index contributed by atoms with van der Waals surface area (Å²) in [7, 11) is 0. The predicted octanol–water partition coefficient (Wildman–Crippen LogP) is 4.54. The Kier molecular flexibility index (Phi) is 20.3. The summed E-state index contributed by atoms with van der Waals surface area (Å²) in [6.45, 7) is 2.11. The minimum atomic E-state index is -0.708. The van der Waals surface area contributed by atoms with Crippen molar-refractivity contribution in [2.24, 2.45) is 5.92 Å². The van der Waals surface area contributed by atoms with E-state index in [1.54, 1.807) is 0 Å². The topological polar surface area (TPSA) is 74.6 Å². The van der Waals surface area contributed by atoms with Crippen LogP contribution in [0.15, 0.2) is 0 Å². The van der Waals surface area contributed by atoms with Crippen molar-refractivity contribution < 1.29 is 19.8 Å². The zero-order chi connectivity index (χ0) is 13.8. The lowest BCUT2D eigenvalue weighted by Crippen LogP contribution is -2.01. The Balaban J connectivity index is -0.00000144. The first-order valence-corrected chi connectivity index (χ1v) is 6.96. The molecule has 0 aromatic carbocycles. The second-order valence-electron chi connectivity index (χ2n) is 5.09. The minimum Gasteiger partial charge on any atom is -0.481 e. The van der Waals surface area contributed by atoms with Crippen LogP contribution in [0.4, 0.5) is 0 Å². The summed E-state index contributed by atoms with van der Waals surface area (Å²) in [5.74, 6) is -0.921. The quantitative estimate of drug-likeness (QED) is 0.515. The fourth-order valence-corrected chi connectivity index (χ4v) is 1.99. The molecule has 6 heteroatoms. The van der Waals surface area contributed by atoms with Crippen molar-refractivity contribution in [2.45, 2.75) is 71.1 Å². The van der Waals surface area contributed by atoms with Gasteiger partial charge in [-0.05, 0) is 18.8 Å². The molecule has 122 valence electrons. The van der Waals surface area contributed by atoms with Crippen LogP contribution in [0.1, 0.15) is 71.1 Å². The van der Waals surface area contributed by atoms with Crippen LogP contribution >= 0.6 is 24.8 Å². The van der Waals surface area contributed by atoms with Crippen molar-refractivity contribution in [3.05, 3.63) is 0 Å². The van der Waals surface area contributed by atoms with Crippen LogP contribution in [0.25, 0.3) is 0 Å². The average molecular weight is 331 g/mol. The number of hydrogen-bond acceptors (Lipinski definition) is 2. The Morgan fingerprint density at radius 1 is 0.750 bits per heavy atom. The molecule has 1 unspecified atom stereocenters. The van der Waals surface area contributed by atoms with Crippen molar-refractivity contribution >= 4 is 36.8 Å². The lowest BCUT2D eigenvalue weighted by atomic mass is 9.97. The Morgan fingerprint density at radius 2 is 1.20 bits per heavy atom. The molecule has 0 aliphatic heterocycles. The van der Waals surface area contributed by atoms with E-state index in [0.29, 0.717) is 5.92 Å². The number of hydrogen-bond donors (Lipinski definition) is 2. The predicted molar refractivity (Wildman–Crippen MR) is 85.1 cm³/mol. The Bertz CT molecular complexity index is 247. The molecule has 0 saturated heterocycles. The molecular weight excluding hydrogens is 303 g/mol. The molecule has 0 aromatic heterocycles. The lowest BCUT2D eigenvalue weighted by molar-refractivity contribution is -0.138. The maximum atomic E-state index is 10.4. The highest BCUT2D eigenvalue weighted by Gasteiger charge is 2.05. The van der Waals surface area contributed by atoms with Crippen molar-refractivity contribution in [3.63, 3.8) is 0 Å². The van der Waals surface area contributed by atoms with E-state index < -0.39 is 11.9 Å². The van der Waals surface area contributed by atoms with Gasteiger partial charge in [-0.2, -0.15) is 0 Å². The van der Waals surface area contributed by atoms with Crippen molar-refractivity contribution in [1.82, 2.24) is 0 Å². The Morgan fingerprint density at radius 3 is 1.70 bits per heavy atom. The molecule has 1 atom stereocenters. The van der Waals surface area contributed by atoms with Crippen molar-refractivity contribution in [3.8, 4) is 0 Å². The minimum absolute atomic E-state index is 0. The van der Waals surface area contributed by atoms with Gasteiger partial charge in [0.05, 0.1) is 0 Å². The second kappa shape index (κ2) is 16.6. The van der Waals surface area contributed by atoms with Gasteiger partial charge >= 0.3 is 11.9 Å². The molecule has 0 amide bonds. The van der Waals surface area contributed by atoms with Gasteiger partial charge in [-0.3, -0.25) is 9.59 Å². The summed E-state index contributed by atoms with van der Waals surface area (Å²) < 4.78 is 0. The monoisotopic (exact) mass is 330 g/mol. The molecule has 0 bridgehead atoms. The van der Waals surface area contributed by atoms with E-state index in [2.05, 4.69) is 6.92 Å². The van der Waals surface area contributed by atoms with E-state index in [0.717, 1.165) is 44.9 Å². The maximum Gasteiger partial charge on any atom is 0.303 e. The second-order valence-corrected chi connectivity index (χ2v) is 5.09. The third-order valence-electron chi connectivity index (χ3n) is 3.19. The van der Waals surface area contributed by atoms with Crippen molar-refractivity contribution in [1.29, 1.82) is 0 Å². The third kappa shape index (κ3) is 19.9. The van der Waals surface area contributed by atoms with Crippen LogP contribution in [-0.2, 0) is 9.59 Å². The number of aliphatic carboxylic acids is 2. The maximum absolute atomic E-state index is 10.4. The van der Waals surface area contributed by atoms with Gasteiger partial charge in [0.25, 0.3) is 0 Å². The number of carboxylic acid groups (broad SMARTS) is 2. The SMILES string of the molecule is CC(CCCCCCCCC(=O)O)CCC(=O)O.Cl.Cl. The fraction of sp³-hybridized carbons (Fsp3) is 0.857. The molecule has 0 aromatic rings. The van der Waals surface area contributed by atoms with Crippen LogP contribution in [-0.4, -0.2) is 22.2 Å². The molecule has 4 nitrogen and oxygen atoms in total. The summed E-state index contributed by atoms with van der Waals surface area (Å²) in [6, 6.07) is 0. The van der Waals surface area contributed by atoms with Gasteiger partial charge in [-0.15, -0.1) is 24.8 Å². The van der Waals surface area contributed by atoms with E-state index in [1.165, 1.54) is 6.42 Å². The highest BCUT2D eigenvalue weighted by molar-refractivity contribution is 5.85. The highest BCUT2D eigenvalue weighted by atomic mass is 35.5. The van der Waals surface area contributed by atoms with E-state index in [9.17, 15) is 9.59 Å². The molecule has 0 spiro atoms. The summed E-state index contributed by atoms with van der Waals surface area (Å²) in [5.41, 5.74) is 0. The normalized spacial score (nSPS) is 11.1. The molecule has 0 saturated carbocycles. The first kappa shape index (κ1) is 24.5. The number of halogens is 2. The van der Waals surface area contributed by atoms with Crippen LogP contribution in [0, 0.1) is 5.92 Å². The zero-order valence-electron chi connectivity index (χ0n) is 12.2. The number of carbonyl (C=O) groups is 2. The van der Waals surface area contributed by atoms with Gasteiger partial charge in [0.15, 0.2) is 0 Å². The summed E-state index contributed by atoms with van der Waals surface area (Å²) in [6.07, 6.45) is 8.80. The number of unbranched alkanes of at least 4 members (excludes halogenated alkanes) is 5. The van der Waals surface area contributed by atoms with Crippen LogP contribution < -0.4 is 0 Å². The van der Waals surface area contributed by atoms with Gasteiger partial charge in [-0.25, -0.2) is 0 Å². The number of carboxylic acids is 2. The summed E-state index contributed by atoms with van der Waals surface area (Å²) >= 11 is 0. The van der Waals surface area contributed by atoms with E-state index in [-0.39, 0.29) is 37.7 Å². The standard InChI is InChI=1S/C14H26O4.2ClH/c1-12(10-11-14(17)18)8-6-4-2-3-5-7-9-13(15)16;;/h12H,2-11H2,1H3,(H,15,16)(H,17,18);2*1H. The van der Waals surface area contributed by atoms with E-state index >= 15 is 0 Å². The molecule has 0 aliphatic carbocycles. The van der Waals surface area contributed by atoms with Crippen LogP contribution in [0.3, 0.4) is 0 Å². The van der Waals surface area contributed by atoms with Gasteiger partial charge in [0.2, 0.25) is 0 Å². The van der Waals surface area contributed by atoms with E-state index in [4.69, 9.17) is 10.2 Å². The first-order valence-electron chi connectivity index (χ1n) is 6.96. The van der Waals surface area contributed by atoms with Gasteiger partial charge < -0.3 is 10.2 Å². The first-order chi connectivity index (χ1) is 8.52. The molecular formula is C14H28Cl2O4. The average Bonchev–Trinajstić information content (AvgIpc) is 2.29. The lowest BCUT2D eigenvalue weighted by Gasteiger charge is -2.09. The van der Waals surface area contributed by atoms with Gasteiger partial charge in [-0.1, -0.05) is 45.4 Å². The molecule has 20 heavy (non-hydrogen) atoms. The fourth-order valence-electron chi connectivity index (χ4n) is 1.99. The molecule has 0 radical (unpaired) electrons. The van der Waals surface area contributed by atoms with Gasteiger partial charge in [0.1, 0.15) is 0 Å². The third-order valence-corrected chi connectivity index (χ3v) is 3.19. The Labute approximate surface area is 134 Å². The molecule has 0 heterocycles. The largest absolute Gasteiger partial charge is 0.481 e. The zero-order valence-corrected chi connectivity index (χ0v) is 13.8. The van der Waals surface area contributed by atoms with E-state index in [1.807, 2.05) is 0 Å².